The van der Waals surface area contributed by atoms with Gasteiger partial charge in [0.1, 0.15) is 4.88 Å². The first-order valence-electron chi connectivity index (χ1n) is 7.27. The number of thioether (sulfide) groups is 1. The summed E-state index contributed by atoms with van der Waals surface area (Å²) in [5, 5.41) is 6.80. The number of benzene rings is 1. The molecule has 1 N–H and O–H groups in total. The minimum absolute atomic E-state index is 0. The molecule has 0 bridgehead atoms. The summed E-state index contributed by atoms with van der Waals surface area (Å²) in [5.74, 6) is -0.322. The molecule has 26 heavy (non-hydrogen) atoms. The third-order valence-electron chi connectivity index (χ3n) is 3.48. The van der Waals surface area contributed by atoms with Crippen LogP contribution in [-0.2, 0) is 4.74 Å². The highest BCUT2D eigenvalue weighted by Crippen LogP contribution is 2.39. The summed E-state index contributed by atoms with van der Waals surface area (Å²) in [7, 11) is 1.39. The summed E-state index contributed by atoms with van der Waals surface area (Å²) in [4.78, 5) is 17.0. The molecule has 0 atom stereocenters. The molecule has 0 amide bonds. The fourth-order valence-electron chi connectivity index (χ4n) is 2.24. The molecule has 1 aromatic carbocycles. The minimum Gasteiger partial charge on any atom is -0.465 e. The normalized spacial score (nSPS) is 10.3. The van der Waals surface area contributed by atoms with Crippen LogP contribution in [0.1, 0.15) is 15.2 Å². The van der Waals surface area contributed by atoms with Crippen molar-refractivity contribution < 1.29 is 9.53 Å². The Morgan fingerprint density at radius 1 is 1.35 bits per heavy atom. The van der Waals surface area contributed by atoms with Crippen LogP contribution in [0.25, 0.3) is 11.3 Å². The van der Waals surface area contributed by atoms with Crippen LogP contribution in [0.3, 0.4) is 0 Å². The smallest absolute Gasteiger partial charge is 0.348 e. The van der Waals surface area contributed by atoms with Crippen molar-refractivity contribution in [1.82, 2.24) is 4.98 Å². The molecule has 0 spiro atoms. The quantitative estimate of drug-likeness (QED) is 0.319. The first kappa shape index (κ1) is 21.2. The summed E-state index contributed by atoms with van der Waals surface area (Å²) in [6.07, 6.45) is 1.99. The van der Waals surface area contributed by atoms with Gasteiger partial charge in [-0.15, -0.1) is 51.4 Å². The van der Waals surface area contributed by atoms with Crippen molar-refractivity contribution in [2.45, 2.75) is 11.1 Å². The van der Waals surface area contributed by atoms with Crippen molar-refractivity contribution in [1.29, 1.82) is 0 Å². The van der Waals surface area contributed by atoms with Crippen LogP contribution in [0.4, 0.5) is 10.8 Å². The van der Waals surface area contributed by atoms with Gasteiger partial charge < -0.3 is 10.1 Å². The van der Waals surface area contributed by atoms with Gasteiger partial charge in [-0.2, -0.15) is 0 Å². The standard InChI is InChI=1S/C17H15ClN2O2S3.BrH/c1-9-6-10(18)4-5-12(9)19-17-20-13(8-24-17)11-7-14(15(21)22-2)25-16(11)23-3;/h4-8H,1-3H3,(H,19,20);1H. The van der Waals surface area contributed by atoms with Crippen LogP contribution in [0.2, 0.25) is 5.02 Å². The van der Waals surface area contributed by atoms with Gasteiger partial charge in [0.15, 0.2) is 5.13 Å². The molecule has 0 unspecified atom stereocenters. The van der Waals surface area contributed by atoms with Crippen LogP contribution in [0, 0.1) is 6.92 Å². The van der Waals surface area contributed by atoms with Gasteiger partial charge >= 0.3 is 5.97 Å². The summed E-state index contributed by atoms with van der Waals surface area (Å²) in [5.41, 5.74) is 3.82. The van der Waals surface area contributed by atoms with Gasteiger partial charge in [0, 0.05) is 21.7 Å². The third kappa shape index (κ3) is 4.61. The van der Waals surface area contributed by atoms with Crippen LogP contribution < -0.4 is 5.32 Å². The molecule has 9 heteroatoms. The molecule has 138 valence electrons. The van der Waals surface area contributed by atoms with E-state index in [1.54, 1.807) is 11.8 Å². The number of carbonyl (C=O) groups excluding carboxylic acids is 1. The number of hydrogen-bond acceptors (Lipinski definition) is 7. The summed E-state index contributed by atoms with van der Waals surface area (Å²) in [6.45, 7) is 2.00. The number of thiophene rings is 1. The van der Waals surface area contributed by atoms with Gasteiger partial charge in [-0.05, 0) is 43.0 Å². The number of carbonyl (C=O) groups is 1. The average Bonchev–Trinajstić information content (AvgIpc) is 3.23. The Bertz CT molecular complexity index is 927. The van der Waals surface area contributed by atoms with Crippen molar-refractivity contribution in [3.8, 4) is 11.3 Å². The number of halogens is 2. The number of anilines is 2. The van der Waals surface area contributed by atoms with Gasteiger partial charge in [-0.1, -0.05) is 11.6 Å². The molecule has 0 fully saturated rings. The highest BCUT2D eigenvalue weighted by Gasteiger charge is 2.18. The summed E-state index contributed by atoms with van der Waals surface area (Å²) >= 11 is 10.5. The Labute approximate surface area is 179 Å². The maximum Gasteiger partial charge on any atom is 0.348 e. The van der Waals surface area contributed by atoms with E-state index >= 15 is 0 Å². The number of rotatable bonds is 5. The largest absolute Gasteiger partial charge is 0.465 e. The Hall–Kier alpha value is -1.06. The zero-order valence-corrected chi connectivity index (χ0v) is 19.1. The highest BCUT2D eigenvalue weighted by molar-refractivity contribution is 8.93. The second kappa shape index (κ2) is 9.23. The lowest BCUT2D eigenvalue weighted by Gasteiger charge is -2.06. The first-order valence-corrected chi connectivity index (χ1v) is 10.6. The molecule has 0 aliphatic heterocycles. The number of esters is 1. The van der Waals surface area contributed by atoms with E-state index < -0.39 is 0 Å². The lowest BCUT2D eigenvalue weighted by Crippen LogP contribution is -1.96. The fraction of sp³-hybridized carbons (Fsp3) is 0.176. The number of methoxy groups -OCH3 is 1. The molecule has 3 rings (SSSR count). The maximum absolute atomic E-state index is 11.8. The van der Waals surface area contributed by atoms with Crippen molar-refractivity contribution in [3.05, 3.63) is 45.1 Å². The number of hydrogen-bond donors (Lipinski definition) is 1. The van der Waals surface area contributed by atoms with Crippen LogP contribution in [0.5, 0.6) is 0 Å². The molecular weight excluding hydrogens is 476 g/mol. The average molecular weight is 492 g/mol. The van der Waals surface area contributed by atoms with Crippen molar-refractivity contribution in [3.63, 3.8) is 0 Å². The van der Waals surface area contributed by atoms with E-state index in [2.05, 4.69) is 10.3 Å². The van der Waals surface area contributed by atoms with Crippen LogP contribution >= 0.6 is 63.0 Å². The van der Waals surface area contributed by atoms with E-state index in [4.69, 9.17) is 16.3 Å². The van der Waals surface area contributed by atoms with Gasteiger partial charge in [-0.3, -0.25) is 0 Å². The van der Waals surface area contributed by atoms with Crippen molar-refractivity contribution >= 4 is 79.8 Å². The molecule has 0 radical (unpaired) electrons. The molecule has 3 aromatic rings. The summed E-state index contributed by atoms with van der Waals surface area (Å²) in [6, 6.07) is 7.53. The van der Waals surface area contributed by atoms with E-state index in [0.29, 0.717) is 9.90 Å². The zero-order valence-electron chi connectivity index (χ0n) is 14.2. The monoisotopic (exact) mass is 490 g/mol. The van der Waals surface area contributed by atoms with Crippen molar-refractivity contribution in [2.24, 2.45) is 0 Å². The Morgan fingerprint density at radius 2 is 2.12 bits per heavy atom. The summed E-state index contributed by atoms with van der Waals surface area (Å²) < 4.78 is 5.85. The number of nitrogens with one attached hydrogen (secondary N) is 1. The SMILES string of the molecule is Br.COC(=O)c1cc(-c2csc(Nc3ccc(Cl)cc3C)n2)c(SC)s1. The van der Waals surface area contributed by atoms with E-state index in [1.807, 2.05) is 42.8 Å². The van der Waals surface area contributed by atoms with E-state index in [9.17, 15) is 4.79 Å². The van der Waals surface area contributed by atoms with Gasteiger partial charge in [0.2, 0.25) is 0 Å². The topological polar surface area (TPSA) is 51.2 Å². The second-order valence-corrected chi connectivity index (χ2v) is 8.55. The van der Waals surface area contributed by atoms with Crippen LogP contribution in [-0.4, -0.2) is 24.3 Å². The predicted octanol–water partition coefficient (Wildman–Crippen LogP) is 6.66. The van der Waals surface area contributed by atoms with E-state index in [1.165, 1.54) is 29.8 Å². The Balaban J connectivity index is 0.00000243. The molecule has 2 aromatic heterocycles. The number of aryl methyl sites for hydroxylation is 1. The highest BCUT2D eigenvalue weighted by atomic mass is 79.9. The number of aromatic nitrogens is 1. The molecular formula is C17H16BrClN2O2S3. The maximum atomic E-state index is 11.8. The van der Waals surface area contributed by atoms with Gasteiger partial charge in [0.05, 0.1) is 17.0 Å². The Morgan fingerprint density at radius 3 is 2.77 bits per heavy atom. The fourth-order valence-corrected chi connectivity index (χ4v) is 5.00. The first-order chi connectivity index (χ1) is 12.0. The molecule has 0 aliphatic rings. The zero-order chi connectivity index (χ0) is 18.0. The Kier molecular flexibility index (Phi) is 7.54. The van der Waals surface area contributed by atoms with E-state index in [-0.39, 0.29) is 23.0 Å². The van der Waals surface area contributed by atoms with E-state index in [0.717, 1.165) is 31.8 Å². The molecule has 0 saturated carbocycles. The third-order valence-corrected chi connectivity index (χ3v) is 6.72. The van der Waals surface area contributed by atoms with Gasteiger partial charge in [0.25, 0.3) is 0 Å². The number of thiazole rings is 1. The minimum atomic E-state index is -0.322. The van der Waals surface area contributed by atoms with Crippen molar-refractivity contribution in [2.75, 3.05) is 18.7 Å². The lowest BCUT2D eigenvalue weighted by molar-refractivity contribution is 0.0606. The predicted molar refractivity (Wildman–Crippen MR) is 118 cm³/mol. The van der Waals surface area contributed by atoms with Gasteiger partial charge in [-0.25, -0.2) is 9.78 Å². The lowest BCUT2D eigenvalue weighted by atomic mass is 10.2. The molecule has 0 saturated heterocycles. The number of nitrogens with zero attached hydrogens (tertiary/aromatic N) is 1. The number of ether oxygens (including phenoxy) is 1. The molecule has 0 aliphatic carbocycles. The second-order valence-electron chi connectivity index (χ2n) is 5.13. The molecule has 2 heterocycles. The molecule has 4 nitrogen and oxygen atoms in total. The van der Waals surface area contributed by atoms with Crippen LogP contribution in [0.15, 0.2) is 33.9 Å².